The zero-order valence-electron chi connectivity index (χ0n) is 29.9. The van der Waals surface area contributed by atoms with Crippen molar-refractivity contribution in [2.75, 3.05) is 10.6 Å². The molecule has 0 aliphatic carbocycles. The number of rotatable bonds is 13. The topological polar surface area (TPSA) is 398 Å². The first-order valence-electron chi connectivity index (χ1n) is 15.6. The average Bonchev–Trinajstić information content (AvgIpc) is 3.13. The van der Waals surface area contributed by atoms with Gasteiger partial charge in [-0.2, -0.15) is 20.4 Å². The summed E-state index contributed by atoms with van der Waals surface area (Å²) >= 11 is 0. The van der Waals surface area contributed by atoms with Crippen LogP contribution in [0, 0.1) is 31.8 Å². The van der Waals surface area contributed by atoms with Crippen molar-refractivity contribution in [3.63, 3.8) is 0 Å². The van der Waals surface area contributed by atoms with E-state index in [1.165, 1.54) is 30.3 Å². The molecule has 0 aromatic heterocycles. The van der Waals surface area contributed by atoms with Crippen molar-refractivity contribution in [3.05, 3.63) is 98.1 Å². The molecule has 3 aromatic rings. The molecule has 55 heavy (non-hydrogen) atoms. The highest BCUT2D eigenvalue weighted by Gasteiger charge is 2.20. The molecule has 0 radical (unpaired) electrons. The van der Waals surface area contributed by atoms with Gasteiger partial charge in [0.1, 0.15) is 0 Å². The van der Waals surface area contributed by atoms with Gasteiger partial charge in [0.05, 0.1) is 27.8 Å². The van der Waals surface area contributed by atoms with Crippen molar-refractivity contribution >= 4 is 75.6 Å². The van der Waals surface area contributed by atoms with E-state index in [0.29, 0.717) is 45.1 Å². The number of carbonyl (C=O) groups excluding carboxylic acids is 2. The van der Waals surface area contributed by atoms with Gasteiger partial charge in [-0.05, 0) is 70.2 Å². The number of hydrogen-bond acceptors (Lipinski definition) is 12. The minimum atomic E-state index is -0.812. The quantitative estimate of drug-likeness (QED) is 0.0502. The number of nitrogens with two attached hydrogens (primary N) is 4. The minimum Gasteiger partial charge on any atom is -0.369 e. The summed E-state index contributed by atoms with van der Waals surface area (Å²) in [6.07, 6.45) is 0. The van der Waals surface area contributed by atoms with Crippen molar-refractivity contribution in [2.24, 2.45) is 43.3 Å². The number of benzene rings is 3. The smallest absolute Gasteiger partial charge is 0.271 e. The average molecular weight is 754 g/mol. The monoisotopic (exact) mass is 753 g/mol. The minimum absolute atomic E-state index is 0.196. The fourth-order valence-electron chi connectivity index (χ4n) is 4.45. The van der Waals surface area contributed by atoms with E-state index in [4.69, 9.17) is 44.6 Å². The van der Waals surface area contributed by atoms with E-state index in [1.54, 1.807) is 39.8 Å². The summed E-state index contributed by atoms with van der Waals surface area (Å²) in [5, 5.41) is 63.0. The van der Waals surface area contributed by atoms with Gasteiger partial charge in [0.25, 0.3) is 17.5 Å². The molecule has 3 rings (SSSR count). The molecule has 0 spiro atoms. The number of carbonyl (C=O) groups is 2. The maximum absolute atomic E-state index is 13.6. The Hall–Kier alpha value is -8.24. The summed E-state index contributed by atoms with van der Waals surface area (Å²) in [5.74, 6) is -3.28. The first-order chi connectivity index (χ1) is 25.8. The van der Waals surface area contributed by atoms with E-state index in [9.17, 15) is 19.7 Å². The fraction of sp³-hybridized carbons (Fsp3) is 0.125. The molecule has 0 bridgehead atoms. The van der Waals surface area contributed by atoms with Crippen molar-refractivity contribution < 1.29 is 14.5 Å². The van der Waals surface area contributed by atoms with Crippen molar-refractivity contribution in [2.45, 2.75) is 27.7 Å². The van der Waals surface area contributed by atoms with Crippen LogP contribution in [0.25, 0.3) is 0 Å². The third-order valence-electron chi connectivity index (χ3n) is 7.08. The van der Waals surface area contributed by atoms with Crippen molar-refractivity contribution in [3.8, 4) is 0 Å². The number of amides is 2. The second kappa shape index (κ2) is 18.3. The number of nitro groups is 1. The molecule has 0 saturated carbocycles. The van der Waals surface area contributed by atoms with Crippen LogP contribution in [-0.2, 0) is 0 Å². The Kier molecular flexibility index (Phi) is 13.7. The standard InChI is InChI=1S/C32H39N19O4/c1-14(43-47-29(33)34)18-5-19(15(2)44-48-30(35)36)9-24(8-18)41-27(52)22-7-23(13-26(12-22)51(54)55)28(53)42-25-10-20(16(3)45-49-31(37)38)6-21(11-25)17(4)46-50-32(39)40/h5-13H,1-4H3,(H,41,52)(H,42,53)(H4,33,34,47)(H4,35,36,48)(H4,37,38,49)(H4,39,40,50)/b43-14-,44-15-,45-16-,46-17+. The molecule has 23 nitrogen and oxygen atoms in total. The highest BCUT2D eigenvalue weighted by molar-refractivity contribution is 6.12. The van der Waals surface area contributed by atoms with Crippen LogP contribution in [0.2, 0.25) is 0 Å². The first kappa shape index (κ1) is 41.2. The normalized spacial score (nSPS) is 11.9. The summed E-state index contributed by atoms with van der Waals surface area (Å²) in [7, 11) is 0. The zero-order valence-corrected chi connectivity index (χ0v) is 29.9. The fourth-order valence-corrected chi connectivity index (χ4v) is 4.45. The molecular weight excluding hydrogens is 714 g/mol. The van der Waals surface area contributed by atoms with Crippen LogP contribution in [0.4, 0.5) is 17.1 Å². The van der Waals surface area contributed by atoms with Gasteiger partial charge in [-0.3, -0.25) is 41.3 Å². The van der Waals surface area contributed by atoms with E-state index in [0.717, 1.165) is 12.1 Å². The van der Waals surface area contributed by atoms with Gasteiger partial charge in [-0.15, -0.1) is 0 Å². The second-order valence-electron chi connectivity index (χ2n) is 11.4. The molecule has 0 aliphatic heterocycles. The van der Waals surface area contributed by atoms with Crippen LogP contribution in [0.1, 0.15) is 70.7 Å². The number of nitro benzene ring substituents is 1. The number of guanidine groups is 4. The molecule has 0 unspecified atom stereocenters. The maximum Gasteiger partial charge on any atom is 0.271 e. The van der Waals surface area contributed by atoms with E-state index in [1.807, 2.05) is 0 Å². The number of nitrogens with one attached hydrogen (secondary N) is 10. The van der Waals surface area contributed by atoms with Crippen LogP contribution < -0.4 is 55.3 Å². The number of anilines is 2. The number of non-ortho nitro benzene ring substituents is 1. The lowest BCUT2D eigenvalue weighted by Gasteiger charge is -2.13. The van der Waals surface area contributed by atoms with Crippen LogP contribution in [0.3, 0.4) is 0 Å². The van der Waals surface area contributed by atoms with Gasteiger partial charge in [0, 0.05) is 56.9 Å². The van der Waals surface area contributed by atoms with Gasteiger partial charge in [0.15, 0.2) is 0 Å². The predicted octanol–water partition coefficient (Wildman–Crippen LogP) is 0.928. The number of nitrogens with zero attached hydrogens (tertiary/aromatic N) is 5. The molecule has 0 fully saturated rings. The highest BCUT2D eigenvalue weighted by atomic mass is 16.6. The summed E-state index contributed by atoms with van der Waals surface area (Å²) in [4.78, 5) is 38.5. The number of hydrazone groups is 4. The molecule has 0 heterocycles. The molecule has 23 heteroatoms. The maximum atomic E-state index is 13.6. The van der Waals surface area contributed by atoms with E-state index in [2.05, 4.69) is 52.7 Å². The molecule has 0 saturated heterocycles. The first-order valence-corrected chi connectivity index (χ1v) is 15.6. The second-order valence-corrected chi connectivity index (χ2v) is 11.4. The Morgan fingerprint density at radius 2 is 0.764 bits per heavy atom. The molecule has 286 valence electrons. The highest BCUT2D eigenvalue weighted by Crippen LogP contribution is 2.23. The van der Waals surface area contributed by atoms with Crippen LogP contribution in [-0.4, -0.2) is 63.4 Å². The molecule has 3 aromatic carbocycles. The van der Waals surface area contributed by atoms with Crippen LogP contribution in [0.15, 0.2) is 75.0 Å². The summed E-state index contributed by atoms with van der Waals surface area (Å²) in [6.45, 7) is 6.44. The Bertz CT molecular complexity index is 1960. The lowest BCUT2D eigenvalue weighted by atomic mass is 10.0. The van der Waals surface area contributed by atoms with E-state index < -0.39 is 46.3 Å². The summed E-state index contributed by atoms with van der Waals surface area (Å²) in [5.41, 5.74) is 33.4. The zero-order chi connectivity index (χ0) is 41.0. The molecule has 0 aliphatic rings. The van der Waals surface area contributed by atoms with Gasteiger partial charge in [-0.1, -0.05) is 0 Å². The van der Waals surface area contributed by atoms with Crippen molar-refractivity contribution in [1.29, 1.82) is 21.6 Å². The third kappa shape index (κ3) is 12.5. The SMILES string of the molecule is C/C(=N/NC(=N)N)c1cc(NC(=O)c2cc(C(=O)Nc3cc(/C(C)=N\NC(=N)N)cc(/C(C)=N/NC(=N)N)c3)cc([N+](=O)[O-])c2)cc(/C(C)=N\NC(=N)N)c1. The summed E-state index contributed by atoms with van der Waals surface area (Å²) in [6, 6.07) is 12.7. The third-order valence-corrected chi connectivity index (χ3v) is 7.08. The lowest BCUT2D eigenvalue weighted by molar-refractivity contribution is -0.384. The van der Waals surface area contributed by atoms with Gasteiger partial charge in [-0.25, -0.2) is 21.7 Å². The van der Waals surface area contributed by atoms with E-state index in [-0.39, 0.29) is 22.5 Å². The molecule has 0 atom stereocenters. The molecular formula is C32H39N19O4. The Morgan fingerprint density at radius 3 is 1.00 bits per heavy atom. The Balaban J connectivity index is 2.06. The largest absolute Gasteiger partial charge is 0.369 e. The van der Waals surface area contributed by atoms with Gasteiger partial charge >= 0.3 is 0 Å². The Labute approximate surface area is 312 Å². The molecule has 18 N–H and O–H groups in total. The predicted molar refractivity (Wildman–Crippen MR) is 211 cm³/mol. The molecule has 2 amide bonds. The lowest BCUT2D eigenvalue weighted by Crippen LogP contribution is -2.27. The summed E-state index contributed by atoms with van der Waals surface area (Å²) < 4.78 is 0. The van der Waals surface area contributed by atoms with Crippen LogP contribution in [0.5, 0.6) is 0 Å². The van der Waals surface area contributed by atoms with Crippen molar-refractivity contribution in [1.82, 2.24) is 21.7 Å². The Morgan fingerprint density at radius 1 is 0.509 bits per heavy atom. The van der Waals surface area contributed by atoms with Gasteiger partial charge < -0.3 is 33.6 Å². The van der Waals surface area contributed by atoms with Gasteiger partial charge in [0.2, 0.25) is 23.8 Å². The number of hydrogen-bond donors (Lipinski definition) is 14. The van der Waals surface area contributed by atoms with Crippen LogP contribution >= 0.6 is 0 Å². The van der Waals surface area contributed by atoms with E-state index >= 15 is 0 Å².